The van der Waals surface area contributed by atoms with Crippen molar-refractivity contribution in [3.05, 3.63) is 70.9 Å². The second-order valence-electron chi connectivity index (χ2n) is 8.24. The van der Waals surface area contributed by atoms with E-state index >= 15 is 0 Å². The molecule has 1 aromatic heterocycles. The monoisotopic (exact) mass is 416 g/mol. The van der Waals surface area contributed by atoms with Crippen LogP contribution in [-0.2, 0) is 13.6 Å². The molecule has 2 aliphatic heterocycles. The van der Waals surface area contributed by atoms with Crippen LogP contribution in [0, 0.1) is 13.8 Å². The minimum atomic E-state index is -0.906. The molecule has 6 heteroatoms. The Bertz CT molecular complexity index is 1310. The van der Waals surface area contributed by atoms with Crippen LogP contribution in [0.15, 0.2) is 48.4 Å². The average molecular weight is 417 g/mol. The zero-order valence-electron chi connectivity index (χ0n) is 18.3. The van der Waals surface area contributed by atoms with Crippen molar-refractivity contribution in [3.8, 4) is 5.75 Å². The minimum Gasteiger partial charge on any atom is -0.478 e. The van der Waals surface area contributed by atoms with Gasteiger partial charge in [-0.2, -0.15) is 0 Å². The summed E-state index contributed by atoms with van der Waals surface area (Å²) >= 11 is 0. The Kier molecular flexibility index (Phi) is 4.39. The molecule has 31 heavy (non-hydrogen) atoms. The Hall–Kier alpha value is -3.54. The molecule has 3 aromatic rings. The van der Waals surface area contributed by atoms with E-state index in [-0.39, 0.29) is 0 Å². The lowest BCUT2D eigenvalue weighted by atomic mass is 10.1. The molecule has 0 saturated carbocycles. The van der Waals surface area contributed by atoms with E-state index in [4.69, 9.17) is 4.74 Å². The summed E-state index contributed by atoms with van der Waals surface area (Å²) in [5.41, 5.74) is 7.11. The molecule has 0 saturated heterocycles. The van der Waals surface area contributed by atoms with Crippen molar-refractivity contribution >= 4 is 28.3 Å². The fraction of sp³-hybridized carbons (Fsp3) is 0.280. The lowest BCUT2D eigenvalue weighted by Crippen LogP contribution is -2.31. The summed E-state index contributed by atoms with van der Waals surface area (Å²) in [5.74, 6) is 1.94. The molecule has 0 aliphatic carbocycles. The van der Waals surface area contributed by atoms with Gasteiger partial charge in [-0.15, -0.1) is 0 Å². The van der Waals surface area contributed by atoms with Crippen molar-refractivity contribution in [2.75, 3.05) is 11.4 Å². The van der Waals surface area contributed by atoms with Crippen LogP contribution in [0.4, 0.5) is 5.69 Å². The fourth-order valence-corrected chi connectivity index (χ4v) is 4.66. The first-order valence-corrected chi connectivity index (χ1v) is 10.6. The predicted octanol–water partition coefficient (Wildman–Crippen LogP) is 4.33. The van der Waals surface area contributed by atoms with Gasteiger partial charge >= 0.3 is 5.97 Å². The maximum absolute atomic E-state index is 11.4. The molecule has 0 unspecified atom stereocenters. The van der Waals surface area contributed by atoms with Gasteiger partial charge in [-0.25, -0.2) is 13.9 Å². The quantitative estimate of drug-likeness (QED) is 0.646. The summed E-state index contributed by atoms with van der Waals surface area (Å²) in [6.07, 6.45) is 5.12. The Labute approximate surface area is 181 Å². The van der Waals surface area contributed by atoms with Crippen LogP contribution in [0.5, 0.6) is 5.75 Å². The molecule has 2 aliphatic rings. The summed E-state index contributed by atoms with van der Waals surface area (Å²) in [5, 5.41) is 9.34. The third-order valence-corrected chi connectivity index (χ3v) is 6.43. The Morgan fingerprint density at radius 3 is 2.71 bits per heavy atom. The molecule has 0 amide bonds. The van der Waals surface area contributed by atoms with E-state index in [0.29, 0.717) is 5.56 Å². The van der Waals surface area contributed by atoms with Gasteiger partial charge in [0.1, 0.15) is 0 Å². The van der Waals surface area contributed by atoms with E-state index in [0.717, 1.165) is 53.7 Å². The van der Waals surface area contributed by atoms with E-state index in [9.17, 15) is 9.90 Å². The number of anilines is 1. The van der Waals surface area contributed by atoms with Crippen molar-refractivity contribution in [3.63, 3.8) is 0 Å². The van der Waals surface area contributed by atoms with Gasteiger partial charge in [0.2, 0.25) is 5.88 Å². The molecule has 0 atom stereocenters. The molecule has 6 nitrogen and oxygen atoms in total. The summed E-state index contributed by atoms with van der Waals surface area (Å²) in [6, 6.07) is 9.63. The molecule has 5 rings (SSSR count). The number of carboxylic acid groups (broad SMARTS) is 1. The Morgan fingerprint density at radius 2 is 1.97 bits per heavy atom. The summed E-state index contributed by atoms with van der Waals surface area (Å²) in [7, 11) is 2.00. The standard InChI is InChI=1S/C25H25N3O3/c1-5-27-21-12-15(2)16(3)13-22(21)31-23(27)9-7-17-10-11-28-19-8-6-18(25(29)30)14-20(19)26(4)24(17)28/h6-9,12-14H,5,10-11H2,1-4H3/p+1. The van der Waals surface area contributed by atoms with E-state index in [1.807, 2.05) is 13.1 Å². The van der Waals surface area contributed by atoms with Crippen molar-refractivity contribution in [2.45, 2.75) is 33.7 Å². The number of carbonyl (C=O) groups is 1. The third kappa shape index (κ3) is 2.93. The van der Waals surface area contributed by atoms with Crippen molar-refractivity contribution in [1.29, 1.82) is 0 Å². The van der Waals surface area contributed by atoms with Gasteiger partial charge < -0.3 is 14.7 Å². The number of rotatable bonds is 3. The van der Waals surface area contributed by atoms with Crippen LogP contribution in [0.2, 0.25) is 0 Å². The fourth-order valence-electron chi connectivity index (χ4n) is 4.66. The van der Waals surface area contributed by atoms with Gasteiger partial charge in [0.15, 0.2) is 16.8 Å². The molecule has 2 aromatic carbocycles. The van der Waals surface area contributed by atoms with Crippen LogP contribution in [0.3, 0.4) is 0 Å². The lowest BCUT2D eigenvalue weighted by Gasteiger charge is -2.15. The number of hydrogen-bond acceptors (Lipinski definition) is 3. The first-order valence-electron chi connectivity index (χ1n) is 10.6. The number of ether oxygens (including phenoxy) is 1. The van der Waals surface area contributed by atoms with Crippen molar-refractivity contribution in [2.24, 2.45) is 7.05 Å². The number of aromatic carboxylic acids is 1. The lowest BCUT2D eigenvalue weighted by molar-refractivity contribution is -0.647. The highest BCUT2D eigenvalue weighted by molar-refractivity contribution is 5.92. The SMILES string of the molecule is CCN1C(=CC=C2CCn3c2[n+](C)c2cc(C(=O)O)ccc23)Oc2cc(C)c(C)cc21. The number of hydrogen-bond donors (Lipinski definition) is 1. The van der Waals surface area contributed by atoms with E-state index in [1.165, 1.54) is 16.7 Å². The van der Waals surface area contributed by atoms with Crippen LogP contribution in [-0.4, -0.2) is 22.2 Å². The number of imidazole rings is 1. The highest BCUT2D eigenvalue weighted by atomic mass is 16.5. The second kappa shape index (κ2) is 7.01. The number of fused-ring (bicyclic) bond motifs is 4. The summed E-state index contributed by atoms with van der Waals surface area (Å²) < 4.78 is 10.5. The van der Waals surface area contributed by atoms with Crippen molar-refractivity contribution < 1.29 is 19.2 Å². The average Bonchev–Trinajstić information content (AvgIpc) is 3.39. The molecule has 1 N–H and O–H groups in total. The molecule has 0 fully saturated rings. The topological polar surface area (TPSA) is 58.6 Å². The molecule has 0 spiro atoms. The number of benzene rings is 2. The number of allylic oxidation sites excluding steroid dienone is 3. The Balaban J connectivity index is 1.55. The van der Waals surface area contributed by atoms with Crippen molar-refractivity contribution in [1.82, 2.24) is 4.57 Å². The molecule has 3 heterocycles. The van der Waals surface area contributed by atoms with E-state index < -0.39 is 5.97 Å². The molecule has 158 valence electrons. The minimum absolute atomic E-state index is 0.307. The normalized spacial score (nSPS) is 17.5. The number of carboxylic acids is 1. The van der Waals surface area contributed by atoms with Crippen LogP contribution in [0.1, 0.15) is 40.7 Å². The van der Waals surface area contributed by atoms with Gasteiger partial charge in [-0.1, -0.05) is 0 Å². The van der Waals surface area contributed by atoms with Gasteiger partial charge in [0.05, 0.1) is 24.8 Å². The zero-order valence-corrected chi connectivity index (χ0v) is 18.3. The number of nitrogens with zero attached hydrogens (tertiary/aromatic N) is 3. The summed E-state index contributed by atoms with van der Waals surface area (Å²) in [6.45, 7) is 8.07. The second-order valence-corrected chi connectivity index (χ2v) is 8.24. The van der Waals surface area contributed by atoms with Gasteiger partial charge in [0, 0.05) is 24.6 Å². The van der Waals surface area contributed by atoms with Gasteiger partial charge in [0.25, 0.3) is 5.82 Å². The Morgan fingerprint density at radius 1 is 1.19 bits per heavy atom. The van der Waals surface area contributed by atoms with Crippen LogP contribution >= 0.6 is 0 Å². The summed E-state index contributed by atoms with van der Waals surface area (Å²) in [4.78, 5) is 13.6. The molecule has 0 radical (unpaired) electrons. The largest absolute Gasteiger partial charge is 0.478 e. The van der Waals surface area contributed by atoms with Gasteiger partial charge in [-0.05, 0) is 68.3 Å². The maximum atomic E-state index is 11.4. The molecular weight excluding hydrogens is 390 g/mol. The highest BCUT2D eigenvalue weighted by Gasteiger charge is 2.32. The predicted molar refractivity (Wildman–Crippen MR) is 120 cm³/mol. The maximum Gasteiger partial charge on any atom is 0.335 e. The molecular formula is C25H26N3O3+. The molecule has 0 bridgehead atoms. The third-order valence-electron chi connectivity index (χ3n) is 6.43. The first kappa shape index (κ1) is 19.4. The van der Waals surface area contributed by atoms with E-state index in [2.05, 4.69) is 59.1 Å². The highest BCUT2D eigenvalue weighted by Crippen LogP contribution is 2.41. The van der Waals surface area contributed by atoms with Crippen LogP contribution in [0.25, 0.3) is 16.6 Å². The number of aryl methyl sites for hydroxylation is 4. The van der Waals surface area contributed by atoms with E-state index in [1.54, 1.807) is 12.1 Å². The van der Waals surface area contributed by atoms with Crippen LogP contribution < -0.4 is 14.2 Å². The zero-order chi connectivity index (χ0) is 21.9. The van der Waals surface area contributed by atoms with Gasteiger partial charge in [-0.3, -0.25) is 0 Å². The first-order chi connectivity index (χ1) is 14.9. The smallest absolute Gasteiger partial charge is 0.335 e. The number of aromatic nitrogens is 2.